The molecule has 5 heteroatoms. The van der Waals surface area contributed by atoms with E-state index in [1.54, 1.807) is 19.1 Å². The van der Waals surface area contributed by atoms with Gasteiger partial charge in [0, 0.05) is 38.9 Å². The highest BCUT2D eigenvalue weighted by Gasteiger charge is 2.10. The van der Waals surface area contributed by atoms with Gasteiger partial charge in [-0.3, -0.25) is 0 Å². The Morgan fingerprint density at radius 2 is 1.92 bits per heavy atom. The van der Waals surface area contributed by atoms with E-state index in [0.29, 0.717) is 13.1 Å². The molecule has 1 N–H and O–H groups in total. The lowest BCUT2D eigenvalue weighted by molar-refractivity contribution is 0.207. The number of anilines is 1. The Morgan fingerprint density at radius 1 is 1.15 bits per heavy atom. The third-order valence-electron chi connectivity index (χ3n) is 4.31. The summed E-state index contributed by atoms with van der Waals surface area (Å²) in [4.78, 5) is 16.3. The fourth-order valence-corrected chi connectivity index (χ4v) is 2.84. The van der Waals surface area contributed by atoms with Crippen LogP contribution >= 0.6 is 0 Å². The Hall–Kier alpha value is -2.69. The van der Waals surface area contributed by atoms with Crippen molar-refractivity contribution < 1.29 is 9.53 Å². The highest BCUT2D eigenvalue weighted by Crippen LogP contribution is 2.15. The van der Waals surface area contributed by atoms with Crippen LogP contribution in [0.4, 0.5) is 10.5 Å². The van der Waals surface area contributed by atoms with E-state index in [4.69, 9.17) is 4.74 Å². The van der Waals surface area contributed by atoms with Crippen LogP contribution in [-0.2, 0) is 6.54 Å². The summed E-state index contributed by atoms with van der Waals surface area (Å²) in [5.41, 5.74) is 3.46. The molecule has 0 radical (unpaired) electrons. The monoisotopic (exact) mass is 355 g/mol. The molecule has 2 rings (SSSR count). The van der Waals surface area contributed by atoms with E-state index >= 15 is 0 Å². The second-order valence-electron chi connectivity index (χ2n) is 6.36. The molecule has 0 saturated heterocycles. The summed E-state index contributed by atoms with van der Waals surface area (Å²) in [5.74, 6) is 0.799. The van der Waals surface area contributed by atoms with Gasteiger partial charge >= 0.3 is 6.03 Å². The minimum absolute atomic E-state index is 0.0758. The van der Waals surface area contributed by atoms with Crippen molar-refractivity contribution >= 4 is 11.7 Å². The van der Waals surface area contributed by atoms with Gasteiger partial charge in [0.05, 0.1) is 7.11 Å². The Morgan fingerprint density at radius 3 is 2.62 bits per heavy atom. The van der Waals surface area contributed by atoms with Gasteiger partial charge in [0.25, 0.3) is 0 Å². The standard InChI is InChI=1S/C21H29N3O2/c1-5-24(19-10-6-8-17(2)14-19)13-12-22-21(25)23(3)16-18-9-7-11-20(15-18)26-4/h6-11,14-15H,5,12-13,16H2,1-4H3,(H,22,25). The van der Waals surface area contributed by atoms with Crippen LogP contribution in [0.2, 0.25) is 0 Å². The SMILES string of the molecule is CCN(CCNC(=O)N(C)Cc1cccc(OC)c1)c1cccc(C)c1. The lowest BCUT2D eigenvalue weighted by Crippen LogP contribution is -2.41. The number of hydrogen-bond donors (Lipinski definition) is 1. The molecular formula is C21H29N3O2. The molecule has 2 amide bonds. The van der Waals surface area contributed by atoms with Crippen LogP contribution < -0.4 is 15.0 Å². The van der Waals surface area contributed by atoms with Gasteiger partial charge in [-0.1, -0.05) is 24.3 Å². The van der Waals surface area contributed by atoms with E-state index in [1.165, 1.54) is 11.3 Å². The van der Waals surface area contributed by atoms with Crippen molar-refractivity contribution in [2.75, 3.05) is 38.7 Å². The first-order valence-electron chi connectivity index (χ1n) is 8.97. The van der Waals surface area contributed by atoms with Gasteiger partial charge < -0.3 is 19.9 Å². The highest BCUT2D eigenvalue weighted by molar-refractivity contribution is 5.73. The first-order valence-corrected chi connectivity index (χ1v) is 8.97. The van der Waals surface area contributed by atoms with Crippen LogP contribution in [0.5, 0.6) is 5.75 Å². The molecule has 0 aliphatic carbocycles. The smallest absolute Gasteiger partial charge is 0.317 e. The maximum atomic E-state index is 12.3. The largest absolute Gasteiger partial charge is 0.497 e. The van der Waals surface area contributed by atoms with Crippen molar-refractivity contribution in [3.05, 3.63) is 59.7 Å². The summed E-state index contributed by atoms with van der Waals surface area (Å²) in [6, 6.07) is 16.1. The number of carbonyl (C=O) groups is 1. The molecule has 2 aromatic rings. The number of amides is 2. The number of ether oxygens (including phenoxy) is 1. The first kappa shape index (κ1) is 19.6. The molecule has 0 aromatic heterocycles. The van der Waals surface area contributed by atoms with Crippen molar-refractivity contribution in [3.63, 3.8) is 0 Å². The second kappa shape index (κ2) is 9.70. The topological polar surface area (TPSA) is 44.8 Å². The maximum absolute atomic E-state index is 12.3. The lowest BCUT2D eigenvalue weighted by Gasteiger charge is -2.25. The summed E-state index contributed by atoms with van der Waals surface area (Å²) in [7, 11) is 3.44. The molecule has 0 fully saturated rings. The highest BCUT2D eigenvalue weighted by atomic mass is 16.5. The van der Waals surface area contributed by atoms with Gasteiger partial charge in [0.2, 0.25) is 0 Å². The zero-order valence-corrected chi connectivity index (χ0v) is 16.2. The van der Waals surface area contributed by atoms with Crippen LogP contribution in [0.1, 0.15) is 18.1 Å². The molecule has 2 aromatic carbocycles. The number of carbonyl (C=O) groups excluding carboxylic acids is 1. The molecule has 0 unspecified atom stereocenters. The summed E-state index contributed by atoms with van der Waals surface area (Å²) in [6.07, 6.45) is 0. The molecule has 0 bridgehead atoms. The molecule has 0 aliphatic rings. The molecule has 0 saturated carbocycles. The Bertz CT molecular complexity index is 718. The normalized spacial score (nSPS) is 10.3. The van der Waals surface area contributed by atoms with Crippen molar-refractivity contribution in [1.29, 1.82) is 0 Å². The quantitative estimate of drug-likeness (QED) is 0.786. The molecule has 0 aliphatic heterocycles. The lowest BCUT2D eigenvalue weighted by atomic mass is 10.2. The molecule has 0 heterocycles. The van der Waals surface area contributed by atoms with Crippen LogP contribution in [-0.4, -0.2) is 44.7 Å². The molecule has 140 valence electrons. The van der Waals surface area contributed by atoms with Crippen molar-refractivity contribution in [2.24, 2.45) is 0 Å². The van der Waals surface area contributed by atoms with Crippen LogP contribution in [0.15, 0.2) is 48.5 Å². The molecular weight excluding hydrogens is 326 g/mol. The molecule has 5 nitrogen and oxygen atoms in total. The summed E-state index contributed by atoms with van der Waals surface area (Å²) in [5, 5.41) is 2.99. The van der Waals surface area contributed by atoms with E-state index in [2.05, 4.69) is 48.3 Å². The third kappa shape index (κ3) is 5.69. The van der Waals surface area contributed by atoms with Gasteiger partial charge in [-0.25, -0.2) is 4.79 Å². The van der Waals surface area contributed by atoms with Gasteiger partial charge in [-0.05, 0) is 49.2 Å². The average molecular weight is 355 g/mol. The minimum atomic E-state index is -0.0758. The fraction of sp³-hybridized carbons (Fsp3) is 0.381. The van der Waals surface area contributed by atoms with E-state index in [0.717, 1.165) is 24.4 Å². The number of urea groups is 1. The van der Waals surface area contributed by atoms with Crippen LogP contribution in [0, 0.1) is 6.92 Å². The molecule has 26 heavy (non-hydrogen) atoms. The zero-order chi connectivity index (χ0) is 18.9. The van der Waals surface area contributed by atoms with Gasteiger partial charge in [-0.15, -0.1) is 0 Å². The van der Waals surface area contributed by atoms with Gasteiger partial charge in [0.1, 0.15) is 5.75 Å². The Labute approximate surface area is 156 Å². The number of likely N-dealkylation sites (N-methyl/N-ethyl adjacent to an activating group) is 1. The summed E-state index contributed by atoms with van der Waals surface area (Å²) < 4.78 is 5.23. The van der Waals surface area contributed by atoms with Crippen molar-refractivity contribution in [2.45, 2.75) is 20.4 Å². The third-order valence-corrected chi connectivity index (χ3v) is 4.31. The van der Waals surface area contributed by atoms with Gasteiger partial charge in [0.15, 0.2) is 0 Å². The predicted octanol–water partition coefficient (Wildman–Crippen LogP) is 3.67. The van der Waals surface area contributed by atoms with E-state index in [9.17, 15) is 4.79 Å². The van der Waals surface area contributed by atoms with E-state index < -0.39 is 0 Å². The molecule has 0 spiro atoms. The Balaban J connectivity index is 1.83. The van der Waals surface area contributed by atoms with Crippen LogP contribution in [0.25, 0.3) is 0 Å². The summed E-state index contributed by atoms with van der Waals surface area (Å²) in [6.45, 7) is 7.03. The number of nitrogens with zero attached hydrogens (tertiary/aromatic N) is 2. The average Bonchev–Trinajstić information content (AvgIpc) is 2.65. The van der Waals surface area contributed by atoms with E-state index in [-0.39, 0.29) is 6.03 Å². The minimum Gasteiger partial charge on any atom is -0.497 e. The zero-order valence-electron chi connectivity index (χ0n) is 16.2. The number of aryl methyl sites for hydroxylation is 1. The Kier molecular flexibility index (Phi) is 7.33. The summed E-state index contributed by atoms with van der Waals surface area (Å²) >= 11 is 0. The number of methoxy groups -OCH3 is 1. The van der Waals surface area contributed by atoms with Crippen molar-refractivity contribution in [1.82, 2.24) is 10.2 Å². The predicted molar refractivity (Wildman–Crippen MR) is 107 cm³/mol. The van der Waals surface area contributed by atoms with Crippen LogP contribution in [0.3, 0.4) is 0 Å². The first-order chi connectivity index (χ1) is 12.5. The van der Waals surface area contributed by atoms with E-state index in [1.807, 2.05) is 24.3 Å². The number of rotatable bonds is 8. The maximum Gasteiger partial charge on any atom is 0.317 e. The van der Waals surface area contributed by atoms with Crippen molar-refractivity contribution in [3.8, 4) is 5.75 Å². The number of hydrogen-bond acceptors (Lipinski definition) is 3. The molecule has 0 atom stereocenters. The number of benzene rings is 2. The second-order valence-corrected chi connectivity index (χ2v) is 6.36. The van der Waals surface area contributed by atoms with Gasteiger partial charge in [-0.2, -0.15) is 0 Å². The number of nitrogens with one attached hydrogen (secondary N) is 1. The fourth-order valence-electron chi connectivity index (χ4n) is 2.84.